The van der Waals surface area contributed by atoms with E-state index in [4.69, 9.17) is 23.2 Å². The minimum Gasteiger partial charge on any atom is -0.356 e. The molecule has 0 spiro atoms. The van der Waals surface area contributed by atoms with E-state index in [1.165, 1.54) is 5.56 Å². The first-order chi connectivity index (χ1) is 13.4. The topological polar surface area (TPSA) is 75.6 Å². The van der Waals surface area contributed by atoms with Crippen molar-refractivity contribution in [2.45, 2.75) is 40.0 Å². The third-order valence-electron chi connectivity index (χ3n) is 4.81. The van der Waals surface area contributed by atoms with Gasteiger partial charge in [-0.1, -0.05) is 23.2 Å². The number of aryl methyl sites for hydroxylation is 3. The summed E-state index contributed by atoms with van der Waals surface area (Å²) >= 11 is 12.1. The predicted molar refractivity (Wildman–Crippen MR) is 111 cm³/mol. The highest BCUT2D eigenvalue weighted by molar-refractivity contribution is 6.42. The van der Waals surface area contributed by atoms with E-state index in [9.17, 15) is 4.79 Å². The number of hydrogen-bond acceptors (Lipinski definition) is 3. The maximum Gasteiger partial charge on any atom is 0.224 e. The number of nitrogens with zero attached hydrogens (tertiary/aromatic N) is 3. The summed E-state index contributed by atoms with van der Waals surface area (Å²) in [6.45, 7) is 6.48. The van der Waals surface area contributed by atoms with Gasteiger partial charge in [0.1, 0.15) is 0 Å². The van der Waals surface area contributed by atoms with Gasteiger partial charge in [-0.3, -0.25) is 9.89 Å². The predicted octanol–water partition coefficient (Wildman–Crippen LogP) is 4.12. The zero-order chi connectivity index (χ0) is 20.3. The molecule has 0 aliphatic rings. The van der Waals surface area contributed by atoms with E-state index >= 15 is 0 Å². The number of aromatic amines is 1. The van der Waals surface area contributed by atoms with Crippen LogP contribution in [0.4, 0.5) is 0 Å². The van der Waals surface area contributed by atoms with Gasteiger partial charge in [-0.05, 0) is 57.4 Å². The van der Waals surface area contributed by atoms with Gasteiger partial charge in [-0.2, -0.15) is 10.2 Å². The molecule has 0 radical (unpaired) electrons. The van der Waals surface area contributed by atoms with Gasteiger partial charge >= 0.3 is 0 Å². The highest BCUT2D eigenvalue weighted by Gasteiger charge is 2.16. The molecule has 0 fully saturated rings. The van der Waals surface area contributed by atoms with Gasteiger partial charge in [0.05, 0.1) is 34.0 Å². The smallest absolute Gasteiger partial charge is 0.224 e. The summed E-state index contributed by atoms with van der Waals surface area (Å²) in [6.07, 6.45) is 3.88. The molecule has 0 saturated carbocycles. The van der Waals surface area contributed by atoms with Crippen LogP contribution in [0.15, 0.2) is 24.4 Å². The monoisotopic (exact) mass is 419 g/mol. The molecule has 8 heteroatoms. The quantitative estimate of drug-likeness (QED) is 0.565. The van der Waals surface area contributed by atoms with Gasteiger partial charge in [0.2, 0.25) is 5.91 Å². The average Bonchev–Trinajstić information content (AvgIpc) is 3.19. The Labute approximate surface area is 174 Å². The van der Waals surface area contributed by atoms with Gasteiger partial charge < -0.3 is 5.32 Å². The van der Waals surface area contributed by atoms with Crippen LogP contribution in [-0.4, -0.2) is 32.4 Å². The van der Waals surface area contributed by atoms with Crippen LogP contribution in [0.25, 0.3) is 5.69 Å². The molecule has 2 N–H and O–H groups in total. The third-order valence-corrected chi connectivity index (χ3v) is 5.54. The Morgan fingerprint density at radius 3 is 2.68 bits per heavy atom. The number of H-pyrrole nitrogens is 1. The number of carbonyl (C=O) groups is 1. The molecular weight excluding hydrogens is 397 g/mol. The van der Waals surface area contributed by atoms with Crippen LogP contribution in [0.1, 0.15) is 34.6 Å². The SMILES string of the molecule is Cc1nn(-c2ccc(Cl)c(Cl)c2)c(C)c1CC(=O)NCCCc1cn[nH]c1C. The van der Waals surface area contributed by atoms with E-state index in [0.29, 0.717) is 23.0 Å². The van der Waals surface area contributed by atoms with Gasteiger partial charge in [0, 0.05) is 23.5 Å². The summed E-state index contributed by atoms with van der Waals surface area (Å²) in [4.78, 5) is 12.4. The Balaban J connectivity index is 1.60. The molecule has 3 rings (SSSR count). The van der Waals surface area contributed by atoms with Crippen molar-refractivity contribution in [3.8, 4) is 5.69 Å². The van der Waals surface area contributed by atoms with Crippen LogP contribution in [0.3, 0.4) is 0 Å². The fourth-order valence-electron chi connectivity index (χ4n) is 3.16. The lowest BCUT2D eigenvalue weighted by Gasteiger charge is -2.08. The first kappa shape index (κ1) is 20.4. The van der Waals surface area contributed by atoms with E-state index in [1.54, 1.807) is 16.8 Å². The minimum absolute atomic E-state index is 0.0104. The van der Waals surface area contributed by atoms with Crippen molar-refractivity contribution in [2.24, 2.45) is 0 Å². The van der Waals surface area contributed by atoms with Gasteiger partial charge in [-0.25, -0.2) is 4.68 Å². The van der Waals surface area contributed by atoms with Crippen molar-refractivity contribution in [2.75, 3.05) is 6.54 Å². The van der Waals surface area contributed by atoms with Crippen molar-refractivity contribution in [3.05, 3.63) is 62.6 Å². The Morgan fingerprint density at radius 1 is 1.21 bits per heavy atom. The number of hydrogen-bond donors (Lipinski definition) is 2. The number of aromatic nitrogens is 4. The minimum atomic E-state index is -0.0104. The van der Waals surface area contributed by atoms with Crippen molar-refractivity contribution in [1.29, 1.82) is 0 Å². The number of rotatable bonds is 7. The summed E-state index contributed by atoms with van der Waals surface area (Å²) in [5, 5.41) is 15.5. The number of nitrogens with one attached hydrogen (secondary N) is 2. The summed E-state index contributed by atoms with van der Waals surface area (Å²) in [5.41, 5.74) is 5.75. The number of halogens is 2. The number of amides is 1. The molecule has 0 aliphatic carbocycles. The maximum absolute atomic E-state index is 12.4. The first-order valence-electron chi connectivity index (χ1n) is 9.13. The van der Waals surface area contributed by atoms with E-state index in [1.807, 2.05) is 33.0 Å². The Hall–Kier alpha value is -2.31. The second kappa shape index (κ2) is 8.80. The summed E-state index contributed by atoms with van der Waals surface area (Å²) in [7, 11) is 0. The molecule has 2 aromatic heterocycles. The summed E-state index contributed by atoms with van der Waals surface area (Å²) < 4.78 is 1.79. The number of benzene rings is 1. The van der Waals surface area contributed by atoms with Gasteiger partial charge in [0.25, 0.3) is 0 Å². The lowest BCUT2D eigenvalue weighted by atomic mass is 10.1. The van der Waals surface area contributed by atoms with E-state index in [-0.39, 0.29) is 5.91 Å². The standard InChI is InChI=1S/C20H23Cl2N5O/c1-12-15(11-24-25-12)5-4-8-23-20(28)10-17-13(2)26-27(14(17)3)16-6-7-18(21)19(22)9-16/h6-7,9,11H,4-5,8,10H2,1-3H3,(H,23,28)(H,24,25). The van der Waals surface area contributed by atoms with E-state index in [2.05, 4.69) is 20.6 Å². The van der Waals surface area contributed by atoms with Gasteiger partial charge in [-0.15, -0.1) is 0 Å². The lowest BCUT2D eigenvalue weighted by Crippen LogP contribution is -2.26. The van der Waals surface area contributed by atoms with Gasteiger partial charge in [0.15, 0.2) is 0 Å². The van der Waals surface area contributed by atoms with E-state index < -0.39 is 0 Å². The third kappa shape index (κ3) is 4.56. The van der Waals surface area contributed by atoms with Crippen molar-refractivity contribution in [3.63, 3.8) is 0 Å². The van der Waals surface area contributed by atoms with Crippen molar-refractivity contribution in [1.82, 2.24) is 25.3 Å². The number of carbonyl (C=O) groups excluding carboxylic acids is 1. The Morgan fingerprint density at radius 2 is 2.00 bits per heavy atom. The first-order valence-corrected chi connectivity index (χ1v) is 9.88. The zero-order valence-electron chi connectivity index (χ0n) is 16.1. The highest BCUT2D eigenvalue weighted by Crippen LogP contribution is 2.26. The molecule has 0 saturated heterocycles. The molecule has 3 aromatic rings. The van der Waals surface area contributed by atoms with Crippen LogP contribution in [0.2, 0.25) is 10.0 Å². The summed E-state index contributed by atoms with van der Waals surface area (Å²) in [6, 6.07) is 5.37. The largest absolute Gasteiger partial charge is 0.356 e. The summed E-state index contributed by atoms with van der Waals surface area (Å²) in [5.74, 6) is -0.0104. The Kier molecular flexibility index (Phi) is 6.42. The Bertz CT molecular complexity index is 993. The molecular formula is C20H23Cl2N5O. The second-order valence-electron chi connectivity index (χ2n) is 6.81. The fraction of sp³-hybridized carbons (Fsp3) is 0.350. The molecule has 0 bridgehead atoms. The van der Waals surface area contributed by atoms with E-state index in [0.717, 1.165) is 41.2 Å². The van der Waals surface area contributed by atoms with Crippen LogP contribution < -0.4 is 5.32 Å². The van der Waals surface area contributed by atoms with Crippen LogP contribution in [0, 0.1) is 20.8 Å². The molecule has 1 amide bonds. The maximum atomic E-state index is 12.4. The molecule has 0 aliphatic heterocycles. The normalized spacial score (nSPS) is 11.0. The van der Waals surface area contributed by atoms with Crippen molar-refractivity contribution < 1.29 is 4.79 Å². The lowest BCUT2D eigenvalue weighted by molar-refractivity contribution is -0.120. The zero-order valence-corrected chi connectivity index (χ0v) is 17.7. The van der Waals surface area contributed by atoms with Crippen LogP contribution >= 0.6 is 23.2 Å². The molecule has 1 aromatic carbocycles. The molecule has 6 nitrogen and oxygen atoms in total. The molecule has 2 heterocycles. The molecule has 148 valence electrons. The van der Waals surface area contributed by atoms with Crippen molar-refractivity contribution >= 4 is 29.1 Å². The average molecular weight is 420 g/mol. The molecule has 0 atom stereocenters. The fourth-order valence-corrected chi connectivity index (χ4v) is 3.45. The second-order valence-corrected chi connectivity index (χ2v) is 7.62. The molecule has 0 unspecified atom stereocenters. The molecule has 28 heavy (non-hydrogen) atoms. The van der Waals surface area contributed by atoms with Crippen LogP contribution in [0.5, 0.6) is 0 Å². The van der Waals surface area contributed by atoms with Crippen LogP contribution in [-0.2, 0) is 17.6 Å². The highest BCUT2D eigenvalue weighted by atomic mass is 35.5.